The van der Waals surface area contributed by atoms with Crippen LogP contribution in [0.5, 0.6) is 0 Å². The third kappa shape index (κ3) is 4.11. The Labute approximate surface area is 179 Å². The van der Waals surface area contributed by atoms with E-state index in [-0.39, 0.29) is 17.5 Å². The highest BCUT2D eigenvalue weighted by molar-refractivity contribution is 6.27. The van der Waals surface area contributed by atoms with Crippen LogP contribution in [0.3, 0.4) is 0 Å². The largest absolute Gasteiger partial charge is 0.401 e. The minimum Gasteiger partial charge on any atom is -0.369 e. The Morgan fingerprint density at radius 3 is 2.31 bits per heavy atom. The summed E-state index contributed by atoms with van der Waals surface area (Å²) in [6.07, 6.45) is -4.47. The molecule has 1 aliphatic rings. The summed E-state index contributed by atoms with van der Waals surface area (Å²) >= 11 is 0. The smallest absolute Gasteiger partial charge is 0.369 e. The zero-order valence-electron chi connectivity index (χ0n) is 16.6. The molecule has 6 nitrogen and oxygen atoms in total. The minimum absolute atomic E-state index is 0.0684. The van der Waals surface area contributed by atoms with Crippen LogP contribution >= 0.6 is 0 Å². The lowest BCUT2D eigenvalue weighted by atomic mass is 9.80. The molecule has 3 N–H and O–H groups in total. The van der Waals surface area contributed by atoms with Crippen molar-refractivity contribution in [1.29, 1.82) is 0 Å². The van der Waals surface area contributed by atoms with Gasteiger partial charge in [0.05, 0.1) is 13.1 Å². The fourth-order valence-electron chi connectivity index (χ4n) is 3.94. The number of hydrogen-bond acceptors (Lipinski definition) is 5. The van der Waals surface area contributed by atoms with Crippen molar-refractivity contribution >= 4 is 44.8 Å². The number of carbonyl (C=O) groups excluding carboxylic acids is 4. The van der Waals surface area contributed by atoms with Crippen molar-refractivity contribution in [3.8, 4) is 0 Å². The second-order valence-corrected chi connectivity index (χ2v) is 7.76. The molecule has 1 unspecified atom stereocenters. The molecule has 1 aliphatic carbocycles. The summed E-state index contributed by atoms with van der Waals surface area (Å²) in [6.45, 7) is -1.71. The lowest BCUT2D eigenvalue weighted by molar-refractivity contribution is -0.130. The van der Waals surface area contributed by atoms with Crippen LogP contribution in [-0.4, -0.2) is 42.5 Å². The van der Waals surface area contributed by atoms with Crippen LogP contribution in [0.15, 0.2) is 42.5 Å². The molecule has 0 saturated carbocycles. The molecule has 0 aromatic heterocycles. The maximum Gasteiger partial charge on any atom is 0.401 e. The monoisotopic (exact) mass is 442 g/mol. The van der Waals surface area contributed by atoms with E-state index in [1.54, 1.807) is 30.3 Å². The number of nitrogens with two attached hydrogens (primary N) is 1. The van der Waals surface area contributed by atoms with Crippen LogP contribution in [0, 0.1) is 5.92 Å². The molecule has 4 rings (SSSR count). The molecule has 0 radical (unpaired) electrons. The van der Waals surface area contributed by atoms with Crippen LogP contribution in [0.2, 0.25) is 0 Å². The molecule has 0 saturated heterocycles. The SMILES string of the molecule is NC(=O)C1C(=O)Cc2cc3cc4ccc(C(=O)CNCC(F)(F)F)cc4cc3cc2C1=O. The van der Waals surface area contributed by atoms with E-state index in [2.05, 4.69) is 5.32 Å². The average molecular weight is 442 g/mol. The zero-order valence-corrected chi connectivity index (χ0v) is 16.6. The summed E-state index contributed by atoms with van der Waals surface area (Å²) in [7, 11) is 0. The van der Waals surface area contributed by atoms with E-state index in [0.717, 1.165) is 10.8 Å². The van der Waals surface area contributed by atoms with Gasteiger partial charge in [-0.2, -0.15) is 13.2 Å². The van der Waals surface area contributed by atoms with Gasteiger partial charge in [-0.25, -0.2) is 0 Å². The summed E-state index contributed by atoms with van der Waals surface area (Å²) in [5.74, 6) is -4.12. The van der Waals surface area contributed by atoms with Crippen molar-refractivity contribution in [2.45, 2.75) is 12.6 Å². The van der Waals surface area contributed by atoms with Gasteiger partial charge in [0.25, 0.3) is 0 Å². The third-order valence-corrected chi connectivity index (χ3v) is 5.45. The number of nitrogens with one attached hydrogen (secondary N) is 1. The predicted molar refractivity (Wildman–Crippen MR) is 110 cm³/mol. The van der Waals surface area contributed by atoms with Crippen LogP contribution in [0.4, 0.5) is 13.2 Å². The van der Waals surface area contributed by atoms with Crippen molar-refractivity contribution in [3.63, 3.8) is 0 Å². The number of ketones is 3. The topological polar surface area (TPSA) is 106 Å². The number of rotatable bonds is 5. The normalized spacial score (nSPS) is 16.4. The molecule has 0 bridgehead atoms. The number of primary amides is 1. The van der Waals surface area contributed by atoms with Gasteiger partial charge in [-0.05, 0) is 57.4 Å². The van der Waals surface area contributed by atoms with Crippen molar-refractivity contribution in [1.82, 2.24) is 5.32 Å². The van der Waals surface area contributed by atoms with Crippen LogP contribution < -0.4 is 11.1 Å². The molecule has 3 aromatic rings. The maximum absolute atomic E-state index is 12.6. The second kappa shape index (κ2) is 7.83. The van der Waals surface area contributed by atoms with Crippen LogP contribution in [0.1, 0.15) is 26.3 Å². The summed E-state index contributed by atoms with van der Waals surface area (Å²) in [5, 5.41) is 4.93. The van der Waals surface area contributed by atoms with Gasteiger partial charge in [-0.15, -0.1) is 0 Å². The molecule has 1 atom stereocenters. The van der Waals surface area contributed by atoms with E-state index >= 15 is 0 Å². The van der Waals surface area contributed by atoms with Crippen molar-refractivity contribution in [3.05, 3.63) is 59.2 Å². The van der Waals surface area contributed by atoms with Gasteiger partial charge in [-0.1, -0.05) is 12.1 Å². The van der Waals surface area contributed by atoms with Crippen LogP contribution in [-0.2, 0) is 16.0 Å². The van der Waals surface area contributed by atoms with Gasteiger partial charge in [-0.3, -0.25) is 19.2 Å². The number of halogens is 3. The number of benzene rings is 3. The van der Waals surface area contributed by atoms with Crippen molar-refractivity contribution in [2.24, 2.45) is 11.7 Å². The van der Waals surface area contributed by atoms with Gasteiger partial charge in [0.2, 0.25) is 5.91 Å². The first kappa shape index (κ1) is 21.6. The van der Waals surface area contributed by atoms with E-state index in [4.69, 9.17) is 5.73 Å². The Hall–Kier alpha value is -3.59. The summed E-state index contributed by atoms with van der Waals surface area (Å²) in [4.78, 5) is 48.6. The van der Waals surface area contributed by atoms with E-state index in [1.165, 1.54) is 6.07 Å². The van der Waals surface area contributed by atoms with Crippen molar-refractivity contribution in [2.75, 3.05) is 13.1 Å². The fourth-order valence-corrected chi connectivity index (χ4v) is 3.94. The minimum atomic E-state index is -4.41. The van der Waals surface area contributed by atoms with E-state index in [1.807, 2.05) is 6.07 Å². The Morgan fingerprint density at radius 1 is 0.969 bits per heavy atom. The highest BCUT2D eigenvalue weighted by Gasteiger charge is 2.38. The molecule has 3 aromatic carbocycles. The number of carbonyl (C=O) groups is 4. The second-order valence-electron chi connectivity index (χ2n) is 7.76. The van der Waals surface area contributed by atoms with E-state index in [0.29, 0.717) is 16.3 Å². The highest BCUT2D eigenvalue weighted by atomic mass is 19.4. The molecule has 0 fully saturated rings. The summed E-state index contributed by atoms with van der Waals surface area (Å²) < 4.78 is 36.8. The molecular formula is C23H17F3N2O4. The van der Waals surface area contributed by atoms with Gasteiger partial charge in [0.1, 0.15) is 0 Å². The van der Waals surface area contributed by atoms with Crippen LogP contribution in [0.25, 0.3) is 21.5 Å². The molecule has 0 aliphatic heterocycles. The first-order valence-corrected chi connectivity index (χ1v) is 9.71. The average Bonchev–Trinajstić information content (AvgIpc) is 2.69. The molecule has 164 valence electrons. The molecule has 1 amide bonds. The first-order chi connectivity index (χ1) is 15.0. The van der Waals surface area contributed by atoms with E-state index in [9.17, 15) is 32.3 Å². The Kier molecular flexibility index (Phi) is 5.29. The molecule has 9 heteroatoms. The fraction of sp³-hybridized carbons (Fsp3) is 0.217. The standard InChI is InChI=1S/C23H17F3N2O4/c24-23(25,26)10-28-9-19(30)12-2-1-11-3-14-6-16-8-18(29)20(22(27)32)21(31)17(16)7-15(14)5-13(11)4-12/h1-7,20,28H,8-10H2,(H2,27,32). The lowest BCUT2D eigenvalue weighted by Crippen LogP contribution is -2.41. The summed E-state index contributed by atoms with van der Waals surface area (Å²) in [5.41, 5.74) is 6.24. The number of alkyl halides is 3. The Morgan fingerprint density at radius 2 is 1.62 bits per heavy atom. The third-order valence-electron chi connectivity index (χ3n) is 5.45. The number of hydrogen-bond donors (Lipinski definition) is 2. The first-order valence-electron chi connectivity index (χ1n) is 9.71. The zero-order chi connectivity index (χ0) is 23.2. The quantitative estimate of drug-likeness (QED) is 0.359. The maximum atomic E-state index is 12.6. The lowest BCUT2D eigenvalue weighted by Gasteiger charge is -2.21. The number of amides is 1. The number of fused-ring (bicyclic) bond motifs is 3. The predicted octanol–water partition coefficient (Wildman–Crippen LogP) is 2.74. The molecular weight excluding hydrogens is 425 g/mol. The number of Topliss-reactive ketones (excluding diaryl/α,β-unsaturated/α-hetero) is 3. The molecule has 32 heavy (non-hydrogen) atoms. The van der Waals surface area contributed by atoms with Gasteiger partial charge in [0.15, 0.2) is 23.3 Å². The highest BCUT2D eigenvalue weighted by Crippen LogP contribution is 2.31. The van der Waals surface area contributed by atoms with Gasteiger partial charge >= 0.3 is 6.18 Å². The molecule has 0 heterocycles. The van der Waals surface area contributed by atoms with Gasteiger partial charge < -0.3 is 11.1 Å². The Balaban J connectivity index is 1.69. The Bertz CT molecular complexity index is 1310. The van der Waals surface area contributed by atoms with E-state index < -0.39 is 48.4 Å². The molecule has 0 spiro atoms. The van der Waals surface area contributed by atoms with Crippen molar-refractivity contribution < 1.29 is 32.3 Å². The van der Waals surface area contributed by atoms with Gasteiger partial charge in [0, 0.05) is 17.5 Å². The summed E-state index contributed by atoms with van der Waals surface area (Å²) in [6, 6.07) is 11.7.